The van der Waals surface area contributed by atoms with Crippen molar-refractivity contribution in [3.8, 4) is 17.0 Å². The van der Waals surface area contributed by atoms with E-state index in [1.54, 1.807) is 55.9 Å². The van der Waals surface area contributed by atoms with E-state index in [1.165, 1.54) is 0 Å². The summed E-state index contributed by atoms with van der Waals surface area (Å²) in [7, 11) is 3.48. The lowest BCUT2D eigenvalue weighted by molar-refractivity contribution is 0.413. The SMILES string of the molecule is COc1cc(C)c(F)c(N(Cc2ncc[nH]2)c2ncc3ncc(-c4ccn(C)c4)nc3n2)c1. The quantitative estimate of drug-likeness (QED) is 0.424. The highest BCUT2D eigenvalue weighted by Gasteiger charge is 2.21. The molecule has 9 nitrogen and oxygen atoms in total. The first-order valence-electron chi connectivity index (χ1n) is 10.2. The predicted molar refractivity (Wildman–Crippen MR) is 122 cm³/mol. The average Bonchev–Trinajstić information content (AvgIpc) is 3.50. The minimum atomic E-state index is -0.393. The third-order valence-corrected chi connectivity index (χ3v) is 5.26. The summed E-state index contributed by atoms with van der Waals surface area (Å²) in [6.07, 6.45) is 10.5. The molecule has 0 fully saturated rings. The molecule has 0 radical (unpaired) electrons. The minimum absolute atomic E-state index is 0.216. The molecule has 5 rings (SSSR count). The zero-order valence-electron chi connectivity index (χ0n) is 18.3. The third-order valence-electron chi connectivity index (χ3n) is 5.26. The molecule has 0 aliphatic heterocycles. The molecule has 0 unspecified atom stereocenters. The van der Waals surface area contributed by atoms with Gasteiger partial charge in [-0.3, -0.25) is 4.90 Å². The lowest BCUT2D eigenvalue weighted by Gasteiger charge is -2.23. The van der Waals surface area contributed by atoms with Gasteiger partial charge in [-0.25, -0.2) is 24.3 Å². The summed E-state index contributed by atoms with van der Waals surface area (Å²) < 4.78 is 22.6. The van der Waals surface area contributed by atoms with Crippen molar-refractivity contribution in [1.29, 1.82) is 0 Å². The maximum atomic E-state index is 15.3. The van der Waals surface area contributed by atoms with Crippen LogP contribution in [0.3, 0.4) is 0 Å². The molecule has 0 saturated heterocycles. The van der Waals surface area contributed by atoms with Crippen LogP contribution in [0.15, 0.2) is 55.4 Å². The Bertz CT molecular complexity index is 1430. The molecule has 1 N–H and O–H groups in total. The number of aromatic nitrogens is 7. The van der Waals surface area contributed by atoms with Gasteiger partial charge in [-0.1, -0.05) is 0 Å². The molecular weight excluding hydrogens is 423 g/mol. The maximum Gasteiger partial charge on any atom is 0.232 e. The maximum absolute atomic E-state index is 15.3. The number of nitrogens with zero attached hydrogens (tertiary/aromatic N) is 7. The van der Waals surface area contributed by atoms with Crippen LogP contribution in [-0.4, -0.2) is 41.6 Å². The largest absolute Gasteiger partial charge is 0.497 e. The van der Waals surface area contributed by atoms with Gasteiger partial charge in [0.1, 0.15) is 22.9 Å². The van der Waals surface area contributed by atoms with Crippen LogP contribution in [-0.2, 0) is 13.6 Å². The Morgan fingerprint density at radius 3 is 2.76 bits per heavy atom. The van der Waals surface area contributed by atoms with Gasteiger partial charge in [0.25, 0.3) is 0 Å². The number of H-pyrrole nitrogens is 1. The molecule has 4 heterocycles. The Balaban J connectivity index is 1.64. The van der Waals surface area contributed by atoms with Crippen molar-refractivity contribution < 1.29 is 9.13 Å². The van der Waals surface area contributed by atoms with Gasteiger partial charge in [0.05, 0.1) is 37.4 Å². The monoisotopic (exact) mass is 444 g/mol. The van der Waals surface area contributed by atoms with E-state index in [1.807, 2.05) is 30.1 Å². The second-order valence-electron chi connectivity index (χ2n) is 7.60. The van der Waals surface area contributed by atoms with Crippen molar-refractivity contribution in [1.82, 2.24) is 34.5 Å². The number of ether oxygens (including phenoxy) is 1. The van der Waals surface area contributed by atoms with Gasteiger partial charge in [0, 0.05) is 43.5 Å². The molecule has 1 aromatic carbocycles. The molecule has 4 aromatic heterocycles. The first kappa shape index (κ1) is 20.6. The van der Waals surface area contributed by atoms with E-state index in [9.17, 15) is 0 Å². The standard InChI is InChI=1S/C23H21FN8O/c1-14-8-16(33-3)9-19(21(14)24)32(13-20-25-5-6-26-20)23-28-11-18-22(30-23)29-17(10-27-18)15-4-7-31(2)12-15/h4-12H,13H2,1-3H3,(H,25,26). The molecular formula is C23H21FN8O. The van der Waals surface area contributed by atoms with Crippen LogP contribution in [0.25, 0.3) is 22.4 Å². The predicted octanol–water partition coefficient (Wildman–Crippen LogP) is 3.94. The molecule has 0 amide bonds. The van der Waals surface area contributed by atoms with E-state index in [2.05, 4.69) is 29.9 Å². The number of anilines is 2. The molecule has 5 aromatic rings. The first-order chi connectivity index (χ1) is 16.0. The van der Waals surface area contributed by atoms with Crippen LogP contribution in [0.4, 0.5) is 16.0 Å². The fourth-order valence-corrected chi connectivity index (χ4v) is 3.56. The highest BCUT2D eigenvalue weighted by Crippen LogP contribution is 2.33. The van der Waals surface area contributed by atoms with Gasteiger partial charge < -0.3 is 14.3 Å². The molecule has 0 aliphatic carbocycles. The van der Waals surface area contributed by atoms with Crippen molar-refractivity contribution in [2.45, 2.75) is 13.5 Å². The van der Waals surface area contributed by atoms with Gasteiger partial charge in [-0.15, -0.1) is 0 Å². The molecule has 0 aliphatic rings. The lowest BCUT2D eigenvalue weighted by Crippen LogP contribution is -2.21. The molecule has 10 heteroatoms. The van der Waals surface area contributed by atoms with E-state index < -0.39 is 5.82 Å². The second kappa shape index (κ2) is 8.30. The molecule has 33 heavy (non-hydrogen) atoms. The van der Waals surface area contributed by atoms with Gasteiger partial charge in [0.2, 0.25) is 5.95 Å². The molecule has 0 atom stereocenters. The van der Waals surface area contributed by atoms with Crippen molar-refractivity contribution >= 4 is 22.8 Å². The van der Waals surface area contributed by atoms with E-state index >= 15 is 4.39 Å². The zero-order valence-corrected chi connectivity index (χ0v) is 18.3. The zero-order chi connectivity index (χ0) is 22.9. The number of fused-ring (bicyclic) bond motifs is 1. The van der Waals surface area contributed by atoms with Crippen molar-refractivity contribution in [3.63, 3.8) is 0 Å². The van der Waals surface area contributed by atoms with Crippen LogP contribution in [0, 0.1) is 12.7 Å². The Hall–Kier alpha value is -4.34. The van der Waals surface area contributed by atoms with E-state index in [4.69, 9.17) is 4.74 Å². The summed E-state index contributed by atoms with van der Waals surface area (Å²) in [6.45, 7) is 1.90. The van der Waals surface area contributed by atoms with Crippen LogP contribution in [0.1, 0.15) is 11.4 Å². The van der Waals surface area contributed by atoms with E-state index in [-0.39, 0.29) is 18.2 Å². The number of methoxy groups -OCH3 is 1. The van der Waals surface area contributed by atoms with Crippen LogP contribution < -0.4 is 9.64 Å². The number of aromatic amines is 1. The summed E-state index contributed by atoms with van der Waals surface area (Å²) in [6, 6.07) is 5.21. The smallest absolute Gasteiger partial charge is 0.232 e. The number of benzene rings is 1. The summed E-state index contributed by atoms with van der Waals surface area (Å²) in [5, 5.41) is 0. The number of nitrogens with one attached hydrogen (secondary N) is 1. The van der Waals surface area contributed by atoms with Crippen LogP contribution >= 0.6 is 0 Å². The Morgan fingerprint density at radius 2 is 2.03 bits per heavy atom. The van der Waals surface area contributed by atoms with Crippen molar-refractivity contribution in [3.05, 3.63) is 72.6 Å². The second-order valence-corrected chi connectivity index (χ2v) is 7.60. The normalized spacial score (nSPS) is 11.2. The van der Waals surface area contributed by atoms with Crippen molar-refractivity contribution in [2.75, 3.05) is 12.0 Å². The minimum Gasteiger partial charge on any atom is -0.497 e. The highest BCUT2D eigenvalue weighted by molar-refractivity contribution is 5.75. The molecule has 0 spiro atoms. The van der Waals surface area contributed by atoms with E-state index in [0.717, 1.165) is 5.56 Å². The lowest BCUT2D eigenvalue weighted by atomic mass is 10.1. The number of hydrogen-bond donors (Lipinski definition) is 1. The fraction of sp³-hybridized carbons (Fsp3) is 0.174. The first-order valence-corrected chi connectivity index (χ1v) is 10.2. The fourth-order valence-electron chi connectivity index (χ4n) is 3.56. The molecule has 0 saturated carbocycles. The topological polar surface area (TPSA) is 97.6 Å². The summed E-state index contributed by atoms with van der Waals surface area (Å²) in [5.41, 5.74) is 3.28. The third kappa shape index (κ3) is 3.98. The number of aryl methyl sites for hydroxylation is 2. The van der Waals surface area contributed by atoms with Gasteiger partial charge >= 0.3 is 0 Å². The number of rotatable bonds is 6. The molecule has 0 bridgehead atoms. The summed E-state index contributed by atoms with van der Waals surface area (Å²) in [5.74, 6) is 1.03. The number of halogens is 1. The van der Waals surface area contributed by atoms with Gasteiger partial charge in [0.15, 0.2) is 5.65 Å². The highest BCUT2D eigenvalue weighted by atomic mass is 19.1. The van der Waals surface area contributed by atoms with Gasteiger partial charge in [-0.2, -0.15) is 4.98 Å². The van der Waals surface area contributed by atoms with Crippen LogP contribution in [0.5, 0.6) is 5.75 Å². The van der Waals surface area contributed by atoms with Crippen LogP contribution in [0.2, 0.25) is 0 Å². The Morgan fingerprint density at radius 1 is 1.15 bits per heavy atom. The summed E-state index contributed by atoms with van der Waals surface area (Å²) in [4.78, 5) is 27.2. The van der Waals surface area contributed by atoms with Crippen molar-refractivity contribution in [2.24, 2.45) is 7.05 Å². The number of imidazole rings is 1. The number of hydrogen-bond acceptors (Lipinski definition) is 7. The Labute approximate surface area is 189 Å². The Kier molecular flexibility index (Phi) is 5.17. The van der Waals surface area contributed by atoms with Gasteiger partial charge in [-0.05, 0) is 24.6 Å². The van der Waals surface area contributed by atoms with E-state index in [0.29, 0.717) is 34.0 Å². The molecule has 166 valence electrons. The summed E-state index contributed by atoms with van der Waals surface area (Å²) >= 11 is 0. The average molecular weight is 444 g/mol.